The van der Waals surface area contributed by atoms with E-state index in [9.17, 15) is 9.59 Å². The van der Waals surface area contributed by atoms with E-state index in [1.165, 1.54) is 11.3 Å². The number of hydrogen-bond donors (Lipinski definition) is 2. The third-order valence-electron chi connectivity index (χ3n) is 3.24. The van der Waals surface area contributed by atoms with E-state index in [0.717, 1.165) is 19.3 Å². The van der Waals surface area contributed by atoms with Crippen molar-refractivity contribution < 1.29 is 19.4 Å². The van der Waals surface area contributed by atoms with Crippen LogP contribution in [0, 0.1) is 0 Å². The highest BCUT2D eigenvalue weighted by atomic mass is 16.5. The first kappa shape index (κ1) is 15.8. The Morgan fingerprint density at radius 1 is 1.47 bits per heavy atom. The molecule has 0 aromatic rings. The Morgan fingerprint density at radius 3 is 2.84 bits per heavy atom. The fourth-order valence-electron chi connectivity index (χ4n) is 2.06. The number of unbranched alkanes of at least 4 members (excludes halogenated alkanes) is 2. The molecule has 6 nitrogen and oxygen atoms in total. The summed E-state index contributed by atoms with van der Waals surface area (Å²) in [5.41, 5.74) is 0. The van der Waals surface area contributed by atoms with Gasteiger partial charge in [-0.2, -0.15) is 0 Å². The normalized spacial score (nSPS) is 20.9. The Morgan fingerprint density at radius 2 is 2.21 bits per heavy atom. The van der Waals surface area contributed by atoms with Crippen LogP contribution in [0.3, 0.4) is 0 Å². The van der Waals surface area contributed by atoms with Crippen LogP contribution in [-0.4, -0.2) is 53.8 Å². The van der Waals surface area contributed by atoms with Gasteiger partial charge in [0.25, 0.3) is 0 Å². The lowest BCUT2D eigenvalue weighted by Gasteiger charge is -2.31. The summed E-state index contributed by atoms with van der Waals surface area (Å²) in [6, 6.07) is -0.0799. The van der Waals surface area contributed by atoms with E-state index in [2.05, 4.69) is 12.2 Å². The molecule has 2 amide bonds. The fraction of sp³-hybridized carbons (Fsp3) is 0.846. The second kappa shape index (κ2) is 7.99. The Hall–Kier alpha value is -1.30. The fourth-order valence-corrected chi connectivity index (χ4v) is 2.06. The molecule has 1 aliphatic heterocycles. The van der Waals surface area contributed by atoms with Crippen molar-refractivity contribution >= 4 is 12.0 Å². The number of carbonyl (C=O) groups is 2. The molecule has 0 saturated carbocycles. The van der Waals surface area contributed by atoms with Gasteiger partial charge in [-0.05, 0) is 13.3 Å². The van der Waals surface area contributed by atoms with Crippen LogP contribution in [0.5, 0.6) is 0 Å². The molecule has 0 aromatic heterocycles. The molecule has 2 unspecified atom stereocenters. The van der Waals surface area contributed by atoms with Crippen LogP contribution in [0.25, 0.3) is 0 Å². The zero-order chi connectivity index (χ0) is 14.3. The molecule has 0 aliphatic carbocycles. The van der Waals surface area contributed by atoms with Gasteiger partial charge in [-0.15, -0.1) is 0 Å². The van der Waals surface area contributed by atoms with Gasteiger partial charge in [0.15, 0.2) is 6.10 Å². The minimum atomic E-state index is -1.02. The van der Waals surface area contributed by atoms with Gasteiger partial charge < -0.3 is 20.1 Å². The second-order valence-electron chi connectivity index (χ2n) is 4.99. The Balaban J connectivity index is 2.33. The van der Waals surface area contributed by atoms with Crippen LogP contribution in [0.1, 0.15) is 39.5 Å². The highest BCUT2D eigenvalue weighted by Crippen LogP contribution is 2.07. The van der Waals surface area contributed by atoms with E-state index in [0.29, 0.717) is 6.54 Å². The third kappa shape index (κ3) is 5.46. The number of hydrogen-bond acceptors (Lipinski definition) is 3. The lowest BCUT2D eigenvalue weighted by Crippen LogP contribution is -2.53. The number of morpholine rings is 1. The number of carbonyl (C=O) groups excluding carboxylic acids is 1. The molecular formula is C13H24N2O4. The van der Waals surface area contributed by atoms with Crippen LogP contribution < -0.4 is 5.32 Å². The largest absolute Gasteiger partial charge is 0.479 e. The first-order valence-electron chi connectivity index (χ1n) is 6.94. The topological polar surface area (TPSA) is 78.9 Å². The van der Waals surface area contributed by atoms with E-state index in [1.54, 1.807) is 0 Å². The molecule has 1 saturated heterocycles. The number of amides is 2. The minimum absolute atomic E-state index is 0.114. The van der Waals surface area contributed by atoms with Gasteiger partial charge in [0.1, 0.15) is 0 Å². The third-order valence-corrected chi connectivity index (χ3v) is 3.24. The van der Waals surface area contributed by atoms with Crippen molar-refractivity contribution in [1.29, 1.82) is 0 Å². The van der Waals surface area contributed by atoms with Crippen LogP contribution in [0.2, 0.25) is 0 Å². The number of aliphatic carboxylic acids is 1. The monoisotopic (exact) mass is 272 g/mol. The number of carboxylic acids is 1. The van der Waals surface area contributed by atoms with E-state index in [4.69, 9.17) is 9.84 Å². The van der Waals surface area contributed by atoms with Crippen LogP contribution in [0.4, 0.5) is 4.79 Å². The summed E-state index contributed by atoms with van der Waals surface area (Å²) in [4.78, 5) is 24.3. The lowest BCUT2D eigenvalue weighted by atomic mass is 10.1. The van der Waals surface area contributed by atoms with Gasteiger partial charge in [0.05, 0.1) is 13.2 Å². The van der Waals surface area contributed by atoms with Crippen molar-refractivity contribution in [3.05, 3.63) is 0 Å². The van der Waals surface area contributed by atoms with Crippen molar-refractivity contribution in [3.63, 3.8) is 0 Å². The van der Waals surface area contributed by atoms with Gasteiger partial charge in [-0.1, -0.05) is 26.2 Å². The van der Waals surface area contributed by atoms with Crippen LogP contribution >= 0.6 is 0 Å². The quantitative estimate of drug-likeness (QED) is 0.717. The van der Waals surface area contributed by atoms with Crippen LogP contribution in [-0.2, 0) is 9.53 Å². The molecule has 1 heterocycles. The molecule has 2 N–H and O–H groups in total. The number of ether oxygens (including phenoxy) is 1. The van der Waals surface area contributed by atoms with Crippen LogP contribution in [0.15, 0.2) is 0 Å². The standard InChI is InChI=1S/C13H24N2O4/c1-3-4-5-6-10(2)14-13(18)15-7-8-19-11(9-15)12(16)17/h10-11H,3-9H2,1-2H3,(H,14,18)(H,16,17). The second-order valence-corrected chi connectivity index (χ2v) is 4.99. The Labute approximate surface area is 114 Å². The summed E-state index contributed by atoms with van der Waals surface area (Å²) in [5, 5.41) is 11.8. The summed E-state index contributed by atoms with van der Waals surface area (Å²) < 4.78 is 5.08. The maximum atomic E-state index is 12.0. The predicted molar refractivity (Wildman–Crippen MR) is 71.1 cm³/mol. The van der Waals surface area contributed by atoms with E-state index < -0.39 is 12.1 Å². The first-order chi connectivity index (χ1) is 9.04. The molecule has 1 aliphatic rings. The number of carboxylic acid groups (broad SMARTS) is 1. The Kier molecular flexibility index (Phi) is 6.62. The van der Waals surface area contributed by atoms with Gasteiger partial charge in [-0.3, -0.25) is 0 Å². The number of rotatable bonds is 6. The molecule has 0 aromatic carbocycles. The molecule has 1 rings (SSSR count). The highest BCUT2D eigenvalue weighted by molar-refractivity contribution is 5.77. The summed E-state index contributed by atoms with van der Waals surface area (Å²) >= 11 is 0. The average molecular weight is 272 g/mol. The van der Waals surface area contributed by atoms with E-state index in [1.807, 2.05) is 6.92 Å². The summed E-state index contributed by atoms with van der Waals surface area (Å²) in [6.45, 7) is 4.94. The SMILES string of the molecule is CCCCCC(C)NC(=O)N1CCOC(C(=O)O)C1. The van der Waals surface area contributed by atoms with Crippen molar-refractivity contribution in [2.75, 3.05) is 19.7 Å². The lowest BCUT2D eigenvalue weighted by molar-refractivity contribution is -0.154. The first-order valence-corrected chi connectivity index (χ1v) is 6.94. The zero-order valence-corrected chi connectivity index (χ0v) is 11.7. The number of nitrogens with one attached hydrogen (secondary N) is 1. The molecule has 19 heavy (non-hydrogen) atoms. The van der Waals surface area contributed by atoms with Gasteiger partial charge in [-0.25, -0.2) is 9.59 Å². The maximum absolute atomic E-state index is 12.0. The van der Waals surface area contributed by atoms with Crippen molar-refractivity contribution in [2.45, 2.75) is 51.7 Å². The predicted octanol–water partition coefficient (Wildman–Crippen LogP) is 1.45. The molecule has 1 fully saturated rings. The number of urea groups is 1. The maximum Gasteiger partial charge on any atom is 0.334 e. The molecule has 6 heteroatoms. The Bertz CT molecular complexity index is 309. The average Bonchev–Trinajstić information content (AvgIpc) is 2.39. The van der Waals surface area contributed by atoms with Crippen molar-refractivity contribution in [2.24, 2.45) is 0 Å². The zero-order valence-electron chi connectivity index (χ0n) is 11.7. The molecule has 0 bridgehead atoms. The van der Waals surface area contributed by atoms with Crippen molar-refractivity contribution in [1.82, 2.24) is 10.2 Å². The van der Waals surface area contributed by atoms with Gasteiger partial charge in [0.2, 0.25) is 0 Å². The van der Waals surface area contributed by atoms with E-state index in [-0.39, 0.29) is 25.2 Å². The van der Waals surface area contributed by atoms with Gasteiger partial charge >= 0.3 is 12.0 Å². The van der Waals surface area contributed by atoms with Crippen molar-refractivity contribution in [3.8, 4) is 0 Å². The summed E-state index contributed by atoms with van der Waals surface area (Å²) in [7, 11) is 0. The molecule has 0 spiro atoms. The summed E-state index contributed by atoms with van der Waals surface area (Å²) in [5.74, 6) is -1.02. The van der Waals surface area contributed by atoms with Gasteiger partial charge in [0, 0.05) is 12.6 Å². The molecule has 0 radical (unpaired) electrons. The molecule has 2 atom stereocenters. The minimum Gasteiger partial charge on any atom is -0.479 e. The smallest absolute Gasteiger partial charge is 0.334 e. The number of nitrogens with zero attached hydrogens (tertiary/aromatic N) is 1. The highest BCUT2D eigenvalue weighted by Gasteiger charge is 2.29. The molecular weight excluding hydrogens is 248 g/mol. The summed E-state index contributed by atoms with van der Waals surface area (Å²) in [6.07, 6.45) is 3.46. The van der Waals surface area contributed by atoms with E-state index >= 15 is 0 Å². The molecule has 110 valence electrons.